The number of hydrogen-bond acceptors (Lipinski definition) is 6. The second kappa shape index (κ2) is 5.90. The molecular formula is C11H17N5O4S. The lowest BCUT2D eigenvalue weighted by Crippen LogP contribution is -2.50. The Morgan fingerprint density at radius 2 is 2.00 bits per heavy atom. The monoisotopic (exact) mass is 315 g/mol. The summed E-state index contributed by atoms with van der Waals surface area (Å²) < 4.78 is 27.8. The SMILES string of the molecule is Cc1nnc(NS(=O)(=O)N2CCCCC2C(=O)O)nc1C. The molecule has 0 radical (unpaired) electrons. The highest BCUT2D eigenvalue weighted by Gasteiger charge is 2.37. The molecule has 1 aliphatic heterocycles. The van der Waals surface area contributed by atoms with Gasteiger partial charge in [-0.3, -0.25) is 4.79 Å². The van der Waals surface area contributed by atoms with Gasteiger partial charge in [0.15, 0.2) is 0 Å². The molecule has 0 spiro atoms. The Kier molecular flexibility index (Phi) is 4.37. The van der Waals surface area contributed by atoms with E-state index in [0.717, 1.165) is 4.31 Å². The van der Waals surface area contributed by atoms with Gasteiger partial charge in [0, 0.05) is 6.54 Å². The van der Waals surface area contributed by atoms with Crippen LogP contribution in [0, 0.1) is 13.8 Å². The number of aliphatic carboxylic acids is 1. The maximum Gasteiger partial charge on any atom is 0.322 e. The van der Waals surface area contributed by atoms with Gasteiger partial charge in [0.1, 0.15) is 6.04 Å². The third-order valence-electron chi connectivity index (χ3n) is 3.36. The normalized spacial score (nSPS) is 20.2. The van der Waals surface area contributed by atoms with Crippen LogP contribution in [0.3, 0.4) is 0 Å². The van der Waals surface area contributed by atoms with E-state index >= 15 is 0 Å². The lowest BCUT2D eigenvalue weighted by atomic mass is 10.1. The Balaban J connectivity index is 2.23. The van der Waals surface area contributed by atoms with E-state index in [1.54, 1.807) is 13.8 Å². The van der Waals surface area contributed by atoms with E-state index in [0.29, 0.717) is 30.7 Å². The molecule has 1 aliphatic rings. The molecule has 0 saturated carbocycles. The first-order valence-electron chi connectivity index (χ1n) is 6.51. The van der Waals surface area contributed by atoms with Crippen molar-refractivity contribution >= 4 is 22.1 Å². The van der Waals surface area contributed by atoms with Crippen LogP contribution in [-0.4, -0.2) is 51.6 Å². The fourth-order valence-corrected chi connectivity index (χ4v) is 3.45. The Morgan fingerprint density at radius 1 is 1.29 bits per heavy atom. The molecule has 2 heterocycles. The van der Waals surface area contributed by atoms with Gasteiger partial charge in [-0.25, -0.2) is 9.71 Å². The van der Waals surface area contributed by atoms with Gasteiger partial charge in [-0.2, -0.15) is 17.8 Å². The summed E-state index contributed by atoms with van der Waals surface area (Å²) in [6.45, 7) is 3.55. The number of carbonyl (C=O) groups is 1. The topological polar surface area (TPSA) is 125 Å². The Hall–Kier alpha value is -1.81. The number of nitrogens with one attached hydrogen (secondary N) is 1. The van der Waals surface area contributed by atoms with Gasteiger partial charge in [0.25, 0.3) is 5.95 Å². The summed E-state index contributed by atoms with van der Waals surface area (Å²) in [7, 11) is -4.02. The summed E-state index contributed by atoms with van der Waals surface area (Å²) in [5.74, 6) is -1.31. The zero-order valence-electron chi connectivity index (χ0n) is 11.8. The quantitative estimate of drug-likeness (QED) is 0.806. The maximum atomic E-state index is 12.3. The second-order valence-electron chi connectivity index (χ2n) is 4.87. The zero-order valence-corrected chi connectivity index (χ0v) is 12.6. The second-order valence-corrected chi connectivity index (χ2v) is 6.50. The van der Waals surface area contributed by atoms with Crippen LogP contribution in [-0.2, 0) is 15.0 Å². The number of aromatic nitrogens is 3. The highest BCUT2D eigenvalue weighted by molar-refractivity contribution is 7.90. The Morgan fingerprint density at radius 3 is 2.62 bits per heavy atom. The maximum absolute atomic E-state index is 12.3. The van der Waals surface area contributed by atoms with Gasteiger partial charge in [-0.05, 0) is 33.1 Å². The first-order valence-corrected chi connectivity index (χ1v) is 7.95. The number of nitrogens with zero attached hydrogens (tertiary/aromatic N) is 4. The van der Waals surface area contributed by atoms with Crippen LogP contribution in [0.2, 0.25) is 0 Å². The average Bonchev–Trinajstić information content (AvgIpc) is 2.42. The van der Waals surface area contributed by atoms with Gasteiger partial charge in [-0.1, -0.05) is 0 Å². The number of rotatable bonds is 4. The van der Waals surface area contributed by atoms with E-state index in [2.05, 4.69) is 19.9 Å². The van der Waals surface area contributed by atoms with Crippen molar-refractivity contribution in [3.8, 4) is 0 Å². The van der Waals surface area contributed by atoms with Gasteiger partial charge in [0.05, 0.1) is 11.4 Å². The van der Waals surface area contributed by atoms with Gasteiger partial charge in [-0.15, -0.1) is 5.10 Å². The van der Waals surface area contributed by atoms with E-state index in [-0.39, 0.29) is 12.5 Å². The van der Waals surface area contributed by atoms with Crippen LogP contribution in [0.5, 0.6) is 0 Å². The van der Waals surface area contributed by atoms with Crippen LogP contribution in [0.25, 0.3) is 0 Å². The van der Waals surface area contributed by atoms with Gasteiger partial charge >= 0.3 is 16.2 Å². The summed E-state index contributed by atoms with van der Waals surface area (Å²) in [6.07, 6.45) is 1.60. The van der Waals surface area contributed by atoms with E-state index in [1.165, 1.54) is 0 Å². The molecule has 9 nitrogen and oxygen atoms in total. The summed E-state index contributed by atoms with van der Waals surface area (Å²) in [5.41, 5.74) is 1.15. The van der Waals surface area contributed by atoms with Crippen molar-refractivity contribution in [1.29, 1.82) is 0 Å². The van der Waals surface area contributed by atoms with Gasteiger partial charge in [0.2, 0.25) is 0 Å². The van der Waals surface area contributed by atoms with E-state index in [4.69, 9.17) is 5.11 Å². The van der Waals surface area contributed by atoms with Crippen LogP contribution < -0.4 is 4.72 Å². The molecule has 1 fully saturated rings. The van der Waals surface area contributed by atoms with Crippen molar-refractivity contribution in [3.05, 3.63) is 11.4 Å². The smallest absolute Gasteiger partial charge is 0.322 e. The lowest BCUT2D eigenvalue weighted by molar-refractivity contribution is -0.142. The summed E-state index contributed by atoms with van der Waals surface area (Å²) in [5, 5.41) is 16.6. The fourth-order valence-electron chi connectivity index (χ4n) is 2.11. The first-order chi connectivity index (χ1) is 9.81. The molecule has 10 heteroatoms. The third kappa shape index (κ3) is 3.45. The molecule has 0 bridgehead atoms. The standard InChI is InChI=1S/C11H17N5O4S/c1-7-8(2)13-14-11(12-7)15-21(19,20)16-6-4-3-5-9(16)10(17)18/h9H,3-6H2,1-2H3,(H,17,18)(H,12,14,15). The molecule has 0 aliphatic carbocycles. The number of carboxylic acid groups (broad SMARTS) is 1. The fraction of sp³-hybridized carbons (Fsp3) is 0.636. The molecule has 0 aromatic carbocycles. The highest BCUT2D eigenvalue weighted by Crippen LogP contribution is 2.21. The minimum atomic E-state index is -4.02. The largest absolute Gasteiger partial charge is 0.480 e. The van der Waals surface area contributed by atoms with Crippen molar-refractivity contribution < 1.29 is 18.3 Å². The first kappa shape index (κ1) is 15.6. The lowest BCUT2D eigenvalue weighted by Gasteiger charge is -2.31. The van der Waals surface area contributed by atoms with Crippen molar-refractivity contribution in [3.63, 3.8) is 0 Å². The van der Waals surface area contributed by atoms with Gasteiger partial charge < -0.3 is 5.11 Å². The number of anilines is 1. The van der Waals surface area contributed by atoms with E-state index in [9.17, 15) is 13.2 Å². The van der Waals surface area contributed by atoms with Crippen LogP contribution in [0.1, 0.15) is 30.7 Å². The summed E-state index contributed by atoms with van der Waals surface area (Å²) in [4.78, 5) is 15.2. The number of piperidine rings is 1. The molecule has 116 valence electrons. The molecule has 1 atom stereocenters. The van der Waals surface area contributed by atoms with E-state index < -0.39 is 22.2 Å². The zero-order chi connectivity index (χ0) is 15.6. The average molecular weight is 315 g/mol. The van der Waals surface area contributed by atoms with Crippen molar-refractivity contribution in [1.82, 2.24) is 19.5 Å². The third-order valence-corrected chi connectivity index (χ3v) is 4.85. The molecule has 2 N–H and O–H groups in total. The minimum absolute atomic E-state index is 0.157. The number of hydrogen-bond donors (Lipinski definition) is 2. The van der Waals surface area contributed by atoms with E-state index in [1.807, 2.05) is 0 Å². The van der Waals surface area contributed by atoms with Crippen molar-refractivity contribution in [2.24, 2.45) is 0 Å². The predicted octanol–water partition coefficient (Wildman–Crippen LogP) is 0.0842. The molecule has 2 rings (SSSR count). The Bertz CT molecular complexity index is 648. The molecule has 0 amide bonds. The van der Waals surface area contributed by atoms with Crippen LogP contribution in [0.15, 0.2) is 0 Å². The summed E-state index contributed by atoms with van der Waals surface area (Å²) in [6, 6.07) is -1.06. The number of carboxylic acids is 1. The van der Waals surface area contributed by atoms with Crippen LogP contribution >= 0.6 is 0 Å². The predicted molar refractivity (Wildman–Crippen MR) is 73.8 cm³/mol. The molecule has 1 aromatic heterocycles. The molecule has 1 aromatic rings. The summed E-state index contributed by atoms with van der Waals surface area (Å²) >= 11 is 0. The number of aryl methyl sites for hydroxylation is 2. The minimum Gasteiger partial charge on any atom is -0.480 e. The van der Waals surface area contributed by atoms with Crippen molar-refractivity contribution in [2.45, 2.75) is 39.2 Å². The van der Waals surface area contributed by atoms with Crippen LogP contribution in [0.4, 0.5) is 5.95 Å². The van der Waals surface area contributed by atoms with Crippen molar-refractivity contribution in [2.75, 3.05) is 11.3 Å². The molecule has 1 unspecified atom stereocenters. The molecule has 1 saturated heterocycles. The highest BCUT2D eigenvalue weighted by atomic mass is 32.2. The Labute approximate surface area is 122 Å². The molecular weight excluding hydrogens is 298 g/mol. The molecule has 21 heavy (non-hydrogen) atoms.